The highest BCUT2D eigenvalue weighted by molar-refractivity contribution is 7.14. The van der Waals surface area contributed by atoms with Gasteiger partial charge in [0.1, 0.15) is 22.9 Å². The molecule has 4 aromatic heterocycles. The summed E-state index contributed by atoms with van der Waals surface area (Å²) in [5.41, 5.74) is 6.73. The lowest BCUT2D eigenvalue weighted by Crippen LogP contribution is -2.54. The molecule has 9 heteroatoms. The number of H-pyrrole nitrogens is 1. The van der Waals surface area contributed by atoms with Crippen molar-refractivity contribution < 1.29 is 4.79 Å². The summed E-state index contributed by atoms with van der Waals surface area (Å²) < 4.78 is 1.93. The molecule has 0 saturated carbocycles. The molecule has 1 aliphatic heterocycles. The zero-order valence-corrected chi connectivity index (χ0v) is 19.9. The molecule has 1 saturated heterocycles. The zero-order valence-electron chi connectivity index (χ0n) is 19.1. The van der Waals surface area contributed by atoms with Crippen LogP contribution < -0.4 is 4.90 Å². The fourth-order valence-corrected chi connectivity index (χ4v) is 5.65. The van der Waals surface area contributed by atoms with Gasteiger partial charge >= 0.3 is 0 Å². The van der Waals surface area contributed by atoms with Crippen LogP contribution in [0, 0.1) is 6.92 Å². The van der Waals surface area contributed by atoms with Gasteiger partial charge in [0, 0.05) is 43.5 Å². The van der Waals surface area contributed by atoms with Crippen molar-refractivity contribution in [3.8, 4) is 11.5 Å². The number of para-hydroxylation sites is 1. The maximum absolute atomic E-state index is 13.2. The largest absolute Gasteiger partial charge is 0.358 e. The summed E-state index contributed by atoms with van der Waals surface area (Å²) in [4.78, 5) is 34.8. The van der Waals surface area contributed by atoms with Crippen LogP contribution in [0.25, 0.3) is 33.6 Å². The predicted molar refractivity (Wildman–Crippen MR) is 135 cm³/mol. The summed E-state index contributed by atoms with van der Waals surface area (Å²) in [7, 11) is 0. The minimum Gasteiger partial charge on any atom is -0.358 e. The van der Waals surface area contributed by atoms with Gasteiger partial charge in [-0.2, -0.15) is 0 Å². The van der Waals surface area contributed by atoms with Crippen LogP contribution >= 0.6 is 11.3 Å². The number of anilines is 1. The van der Waals surface area contributed by atoms with Crippen LogP contribution in [0.2, 0.25) is 0 Å². The van der Waals surface area contributed by atoms with Crippen LogP contribution in [0.1, 0.15) is 12.5 Å². The number of carbonyl (C=O) groups excluding carboxylic acids is 1. The van der Waals surface area contributed by atoms with Gasteiger partial charge in [-0.15, -0.1) is 11.3 Å². The molecule has 0 aliphatic carbocycles. The number of imidazole rings is 1. The van der Waals surface area contributed by atoms with E-state index in [0.29, 0.717) is 13.1 Å². The van der Waals surface area contributed by atoms with Gasteiger partial charge in [0.25, 0.3) is 0 Å². The van der Waals surface area contributed by atoms with Crippen molar-refractivity contribution in [2.45, 2.75) is 26.4 Å². The molecule has 6 rings (SSSR count). The van der Waals surface area contributed by atoms with Gasteiger partial charge in [-0.05, 0) is 43.7 Å². The predicted octanol–water partition coefficient (Wildman–Crippen LogP) is 4.08. The Balaban J connectivity index is 1.19. The lowest BCUT2D eigenvalue weighted by atomic mass is 10.2. The third-order valence-corrected chi connectivity index (χ3v) is 7.44. The number of carbonyl (C=O) groups is 1. The maximum Gasteiger partial charge on any atom is 0.242 e. The fraction of sp³-hybridized carbons (Fsp3) is 0.280. The molecule has 5 heterocycles. The average molecular weight is 472 g/mol. The topological polar surface area (TPSA) is 82.9 Å². The number of hydrogen-bond donors (Lipinski definition) is 1. The van der Waals surface area contributed by atoms with Gasteiger partial charge in [-0.1, -0.05) is 12.1 Å². The number of nitrogens with zero attached hydrogens (tertiary/aromatic N) is 6. The van der Waals surface area contributed by atoms with E-state index in [1.807, 2.05) is 51.5 Å². The number of aromatic amines is 1. The van der Waals surface area contributed by atoms with Crippen LogP contribution in [0.3, 0.4) is 0 Å². The van der Waals surface area contributed by atoms with Crippen molar-refractivity contribution in [2.24, 2.45) is 0 Å². The Bertz CT molecular complexity index is 1500. The Hall–Kier alpha value is -3.72. The van der Waals surface area contributed by atoms with Crippen LogP contribution in [0.15, 0.2) is 54.3 Å². The summed E-state index contributed by atoms with van der Waals surface area (Å²) >= 11 is 1.62. The number of aryl methyl sites for hydroxylation is 1. The van der Waals surface area contributed by atoms with Gasteiger partial charge < -0.3 is 19.4 Å². The number of rotatable bonds is 4. The Morgan fingerprint density at radius 3 is 2.94 bits per heavy atom. The second-order valence-electron chi connectivity index (χ2n) is 8.80. The first kappa shape index (κ1) is 20.9. The molecule has 1 aromatic carbocycles. The van der Waals surface area contributed by atoms with E-state index in [0.717, 1.165) is 57.2 Å². The van der Waals surface area contributed by atoms with Crippen LogP contribution in [0.4, 0.5) is 5.00 Å². The molecular formula is C25H25N7OS. The Kier molecular flexibility index (Phi) is 5.06. The smallest absolute Gasteiger partial charge is 0.242 e. The SMILES string of the molecule is Cc1cccc2[nH]c(-c3ncsc3N3CCN(C(=O)Cn4ccc5cccnc54)[C@H](C)C3)nc12. The number of nitrogens with one attached hydrogen (secondary N) is 1. The summed E-state index contributed by atoms with van der Waals surface area (Å²) in [6, 6.07) is 12.2. The first-order valence-corrected chi connectivity index (χ1v) is 12.3. The van der Waals surface area contributed by atoms with E-state index in [1.165, 1.54) is 0 Å². The summed E-state index contributed by atoms with van der Waals surface area (Å²) in [5, 5.41) is 2.14. The van der Waals surface area contributed by atoms with Crippen molar-refractivity contribution in [1.82, 2.24) is 29.4 Å². The lowest BCUT2D eigenvalue weighted by Gasteiger charge is -2.40. The molecule has 1 aliphatic rings. The van der Waals surface area contributed by atoms with E-state index in [9.17, 15) is 4.79 Å². The molecule has 1 fully saturated rings. The highest BCUT2D eigenvalue weighted by Crippen LogP contribution is 2.35. The molecule has 1 amide bonds. The van der Waals surface area contributed by atoms with Gasteiger partial charge in [0.15, 0.2) is 5.82 Å². The number of hydrogen-bond acceptors (Lipinski definition) is 6. The zero-order chi connectivity index (χ0) is 23.2. The highest BCUT2D eigenvalue weighted by atomic mass is 32.1. The normalized spacial score (nSPS) is 16.6. The van der Waals surface area contributed by atoms with E-state index >= 15 is 0 Å². The van der Waals surface area contributed by atoms with Gasteiger partial charge in [0.2, 0.25) is 5.91 Å². The fourth-order valence-electron chi connectivity index (χ4n) is 4.81. The Morgan fingerprint density at radius 2 is 2.09 bits per heavy atom. The van der Waals surface area contributed by atoms with Crippen LogP contribution in [0.5, 0.6) is 0 Å². The van der Waals surface area contributed by atoms with E-state index in [2.05, 4.69) is 39.8 Å². The number of amides is 1. The molecule has 5 aromatic rings. The van der Waals surface area contributed by atoms with Crippen molar-refractivity contribution >= 4 is 44.3 Å². The van der Waals surface area contributed by atoms with Gasteiger partial charge in [-0.3, -0.25) is 4.79 Å². The lowest BCUT2D eigenvalue weighted by molar-refractivity contribution is -0.134. The monoisotopic (exact) mass is 471 g/mol. The highest BCUT2D eigenvalue weighted by Gasteiger charge is 2.30. The number of benzene rings is 1. The summed E-state index contributed by atoms with van der Waals surface area (Å²) in [6.45, 7) is 6.67. The van der Waals surface area contributed by atoms with Crippen molar-refractivity contribution in [3.05, 3.63) is 59.9 Å². The minimum absolute atomic E-state index is 0.0869. The Morgan fingerprint density at radius 1 is 1.18 bits per heavy atom. The van der Waals surface area contributed by atoms with E-state index in [4.69, 9.17) is 4.98 Å². The summed E-state index contributed by atoms with van der Waals surface area (Å²) in [5.74, 6) is 0.909. The maximum atomic E-state index is 13.2. The van der Waals surface area contributed by atoms with E-state index in [-0.39, 0.29) is 11.9 Å². The molecule has 34 heavy (non-hydrogen) atoms. The molecule has 8 nitrogen and oxygen atoms in total. The number of fused-ring (bicyclic) bond motifs is 2. The first-order chi connectivity index (χ1) is 16.6. The Labute approximate surface area is 200 Å². The van der Waals surface area contributed by atoms with Gasteiger partial charge in [0.05, 0.1) is 16.5 Å². The first-order valence-electron chi connectivity index (χ1n) is 11.4. The average Bonchev–Trinajstić information content (AvgIpc) is 3.58. The third kappa shape index (κ3) is 3.52. The number of pyridine rings is 1. The van der Waals surface area contributed by atoms with E-state index in [1.54, 1.807) is 17.5 Å². The molecule has 0 radical (unpaired) electrons. The number of aromatic nitrogens is 5. The number of thiazole rings is 1. The van der Waals surface area contributed by atoms with Crippen molar-refractivity contribution in [2.75, 3.05) is 24.5 Å². The standard InChI is InChI=1S/C25H25N7OS/c1-16-5-3-7-19-21(16)29-23(28-19)22-25(34-15-27-22)31-11-12-32(17(2)13-31)20(33)14-30-10-8-18-6-4-9-26-24(18)30/h3-10,15,17H,11-14H2,1-2H3,(H,28,29)/t17-/m1/s1. The molecule has 172 valence electrons. The van der Waals surface area contributed by atoms with Crippen LogP contribution in [-0.4, -0.2) is 61.0 Å². The minimum atomic E-state index is 0.0869. The van der Waals surface area contributed by atoms with Crippen LogP contribution in [-0.2, 0) is 11.3 Å². The van der Waals surface area contributed by atoms with Crippen molar-refractivity contribution in [1.29, 1.82) is 0 Å². The molecule has 1 N–H and O–H groups in total. The molecule has 1 atom stereocenters. The van der Waals surface area contributed by atoms with Crippen molar-refractivity contribution in [3.63, 3.8) is 0 Å². The van der Waals surface area contributed by atoms with E-state index < -0.39 is 0 Å². The summed E-state index contributed by atoms with van der Waals surface area (Å²) in [6.07, 6.45) is 3.70. The quantitative estimate of drug-likeness (QED) is 0.427. The molecule has 0 bridgehead atoms. The molecular weight excluding hydrogens is 446 g/mol. The third-order valence-electron chi connectivity index (χ3n) is 6.55. The molecule has 0 unspecified atom stereocenters. The second-order valence-corrected chi connectivity index (χ2v) is 9.64. The molecule has 0 spiro atoms. The number of piperazine rings is 1. The second kappa shape index (κ2) is 8.25. The van der Waals surface area contributed by atoms with Gasteiger partial charge in [-0.25, -0.2) is 15.0 Å².